The van der Waals surface area contributed by atoms with E-state index in [4.69, 9.17) is 0 Å². The monoisotopic (exact) mass is 303 g/mol. The lowest BCUT2D eigenvalue weighted by Crippen LogP contribution is -2.37. The zero-order valence-corrected chi connectivity index (χ0v) is 12.2. The van der Waals surface area contributed by atoms with Crippen LogP contribution in [0.15, 0.2) is 23.1 Å². The maximum absolute atomic E-state index is 13.6. The Morgan fingerprint density at radius 1 is 1.20 bits per heavy atom. The molecule has 6 heteroatoms. The first-order valence-electron chi connectivity index (χ1n) is 6.89. The summed E-state index contributed by atoms with van der Waals surface area (Å²) in [7, 11) is -4.00. The number of sulfonamides is 1. The van der Waals surface area contributed by atoms with Gasteiger partial charge in [-0.25, -0.2) is 21.9 Å². The van der Waals surface area contributed by atoms with Crippen LogP contribution in [0, 0.1) is 17.6 Å². The fraction of sp³-hybridized carbons (Fsp3) is 0.571. The van der Waals surface area contributed by atoms with Crippen molar-refractivity contribution in [2.75, 3.05) is 0 Å². The molecule has 1 aliphatic carbocycles. The van der Waals surface area contributed by atoms with Crippen molar-refractivity contribution in [1.82, 2.24) is 4.72 Å². The van der Waals surface area contributed by atoms with Gasteiger partial charge in [0.05, 0.1) is 0 Å². The Morgan fingerprint density at radius 2 is 1.85 bits per heavy atom. The summed E-state index contributed by atoms with van der Waals surface area (Å²) < 4.78 is 53.3. The number of hydrogen-bond donors (Lipinski definition) is 1. The maximum atomic E-state index is 13.6. The zero-order valence-electron chi connectivity index (χ0n) is 11.4. The molecule has 0 aliphatic heterocycles. The fourth-order valence-corrected chi connectivity index (χ4v) is 4.05. The van der Waals surface area contributed by atoms with E-state index in [1.54, 1.807) is 0 Å². The minimum absolute atomic E-state index is 0.189. The van der Waals surface area contributed by atoms with Gasteiger partial charge in [-0.3, -0.25) is 0 Å². The predicted molar refractivity (Wildman–Crippen MR) is 72.7 cm³/mol. The van der Waals surface area contributed by atoms with Crippen molar-refractivity contribution in [3.63, 3.8) is 0 Å². The molecule has 0 spiro atoms. The first kappa shape index (κ1) is 15.4. The van der Waals surface area contributed by atoms with Crippen LogP contribution in [0.1, 0.15) is 39.0 Å². The van der Waals surface area contributed by atoms with Gasteiger partial charge in [0, 0.05) is 6.04 Å². The lowest BCUT2D eigenvalue weighted by molar-refractivity contribution is 0.306. The van der Waals surface area contributed by atoms with Gasteiger partial charge in [-0.1, -0.05) is 13.3 Å². The highest BCUT2D eigenvalue weighted by molar-refractivity contribution is 7.89. The standard InChI is InChI=1S/C14H19F2NO2S/c1-2-10-3-6-12(7-4-10)17-20(18,19)14-9-11(15)5-8-13(14)16/h5,8-10,12,17H,2-4,6-7H2,1H3. The van der Waals surface area contributed by atoms with E-state index in [9.17, 15) is 17.2 Å². The van der Waals surface area contributed by atoms with Crippen LogP contribution in [0.5, 0.6) is 0 Å². The molecule has 0 atom stereocenters. The van der Waals surface area contributed by atoms with E-state index in [1.807, 2.05) is 0 Å². The van der Waals surface area contributed by atoms with E-state index in [-0.39, 0.29) is 6.04 Å². The van der Waals surface area contributed by atoms with Crippen LogP contribution >= 0.6 is 0 Å². The topological polar surface area (TPSA) is 46.2 Å². The summed E-state index contributed by atoms with van der Waals surface area (Å²) in [5.74, 6) is -1.05. The Balaban J connectivity index is 2.10. The average molecular weight is 303 g/mol. The highest BCUT2D eigenvalue weighted by Gasteiger charge is 2.27. The molecule has 0 radical (unpaired) electrons. The molecule has 0 bridgehead atoms. The van der Waals surface area contributed by atoms with E-state index in [0.29, 0.717) is 5.92 Å². The Bertz CT molecular complexity index is 567. The highest BCUT2D eigenvalue weighted by atomic mass is 32.2. The molecule has 1 fully saturated rings. The predicted octanol–water partition coefficient (Wildman–Crippen LogP) is 3.21. The second kappa shape index (κ2) is 6.18. The molecule has 0 saturated heterocycles. The van der Waals surface area contributed by atoms with Crippen LogP contribution in [0.3, 0.4) is 0 Å². The number of halogens is 2. The molecule has 1 aliphatic rings. The lowest BCUT2D eigenvalue weighted by atomic mass is 9.85. The second-order valence-electron chi connectivity index (χ2n) is 5.32. The molecule has 0 heterocycles. The third-order valence-electron chi connectivity index (χ3n) is 3.93. The number of benzene rings is 1. The highest BCUT2D eigenvalue weighted by Crippen LogP contribution is 2.27. The van der Waals surface area contributed by atoms with E-state index in [1.165, 1.54) is 0 Å². The molecule has 3 nitrogen and oxygen atoms in total. The van der Waals surface area contributed by atoms with Gasteiger partial charge < -0.3 is 0 Å². The van der Waals surface area contributed by atoms with Crippen molar-refractivity contribution >= 4 is 10.0 Å². The summed E-state index contributed by atoms with van der Waals surface area (Å²) in [5, 5.41) is 0. The van der Waals surface area contributed by atoms with Crippen LogP contribution in [0.2, 0.25) is 0 Å². The van der Waals surface area contributed by atoms with E-state index < -0.39 is 26.6 Å². The van der Waals surface area contributed by atoms with Gasteiger partial charge in [-0.15, -0.1) is 0 Å². The SMILES string of the molecule is CCC1CCC(NS(=O)(=O)c2cc(F)ccc2F)CC1. The van der Waals surface area contributed by atoms with E-state index in [0.717, 1.165) is 50.3 Å². The van der Waals surface area contributed by atoms with Gasteiger partial charge in [-0.2, -0.15) is 0 Å². The van der Waals surface area contributed by atoms with Crippen LogP contribution < -0.4 is 4.72 Å². The Kier molecular flexibility index (Phi) is 4.75. The molecule has 1 aromatic carbocycles. The molecule has 1 saturated carbocycles. The van der Waals surface area contributed by atoms with Gasteiger partial charge in [0.1, 0.15) is 16.5 Å². The smallest absolute Gasteiger partial charge is 0.208 e. The van der Waals surface area contributed by atoms with Crippen molar-refractivity contribution in [3.05, 3.63) is 29.8 Å². The van der Waals surface area contributed by atoms with E-state index >= 15 is 0 Å². The van der Waals surface area contributed by atoms with Crippen LogP contribution in [-0.4, -0.2) is 14.5 Å². The first-order valence-corrected chi connectivity index (χ1v) is 8.38. The first-order chi connectivity index (χ1) is 9.42. The summed E-state index contributed by atoms with van der Waals surface area (Å²) in [6.07, 6.45) is 4.52. The zero-order chi connectivity index (χ0) is 14.8. The summed E-state index contributed by atoms with van der Waals surface area (Å²) in [6, 6.07) is 2.26. The van der Waals surface area contributed by atoms with Crippen LogP contribution in [0.4, 0.5) is 8.78 Å². The van der Waals surface area contributed by atoms with Crippen molar-refractivity contribution < 1.29 is 17.2 Å². The third-order valence-corrected chi connectivity index (χ3v) is 5.46. The molecule has 112 valence electrons. The summed E-state index contributed by atoms with van der Waals surface area (Å²) >= 11 is 0. The largest absolute Gasteiger partial charge is 0.243 e. The van der Waals surface area contributed by atoms with Crippen LogP contribution in [-0.2, 0) is 10.0 Å². The Hall–Kier alpha value is -1.01. The molecule has 0 amide bonds. The lowest BCUT2D eigenvalue weighted by Gasteiger charge is -2.28. The minimum atomic E-state index is -4.00. The molecule has 1 N–H and O–H groups in total. The fourth-order valence-electron chi connectivity index (χ4n) is 2.65. The maximum Gasteiger partial charge on any atom is 0.243 e. The summed E-state index contributed by atoms with van der Waals surface area (Å²) in [6.45, 7) is 2.12. The quantitative estimate of drug-likeness (QED) is 0.928. The Morgan fingerprint density at radius 3 is 2.45 bits per heavy atom. The minimum Gasteiger partial charge on any atom is -0.208 e. The normalized spacial score (nSPS) is 23.8. The average Bonchev–Trinajstić information content (AvgIpc) is 2.42. The van der Waals surface area contributed by atoms with Gasteiger partial charge in [0.2, 0.25) is 10.0 Å². The van der Waals surface area contributed by atoms with Crippen molar-refractivity contribution in [3.8, 4) is 0 Å². The number of rotatable bonds is 4. The van der Waals surface area contributed by atoms with Gasteiger partial charge in [0.15, 0.2) is 0 Å². The van der Waals surface area contributed by atoms with Gasteiger partial charge >= 0.3 is 0 Å². The molecular formula is C14H19F2NO2S. The van der Waals surface area contributed by atoms with Gasteiger partial charge in [0.25, 0.3) is 0 Å². The van der Waals surface area contributed by atoms with Crippen molar-refractivity contribution in [2.45, 2.75) is 50.0 Å². The number of hydrogen-bond acceptors (Lipinski definition) is 2. The summed E-state index contributed by atoms with van der Waals surface area (Å²) in [4.78, 5) is -0.616. The molecule has 0 aromatic heterocycles. The van der Waals surface area contributed by atoms with Crippen molar-refractivity contribution in [2.24, 2.45) is 5.92 Å². The summed E-state index contributed by atoms with van der Waals surface area (Å²) in [5.41, 5.74) is 0. The Labute approximate surface area is 118 Å². The van der Waals surface area contributed by atoms with Crippen molar-refractivity contribution in [1.29, 1.82) is 0 Å². The number of nitrogens with one attached hydrogen (secondary N) is 1. The molecule has 2 rings (SSSR count). The van der Waals surface area contributed by atoms with E-state index in [2.05, 4.69) is 11.6 Å². The second-order valence-corrected chi connectivity index (χ2v) is 7.00. The molecule has 20 heavy (non-hydrogen) atoms. The molecule has 1 aromatic rings. The molecule has 0 unspecified atom stereocenters. The van der Waals surface area contributed by atoms with Crippen LogP contribution in [0.25, 0.3) is 0 Å². The third kappa shape index (κ3) is 3.55. The molecular weight excluding hydrogens is 284 g/mol. The van der Waals surface area contributed by atoms with Gasteiger partial charge in [-0.05, 0) is 49.8 Å².